The fraction of sp³-hybridized carbons (Fsp3) is 0.0769. The number of nitrogens with zero attached hydrogens (tertiary/aromatic N) is 2. The quantitative estimate of drug-likeness (QED) is 0.345. The van der Waals surface area contributed by atoms with Crippen LogP contribution in [0.4, 0.5) is 0 Å². The van der Waals surface area contributed by atoms with Crippen molar-refractivity contribution in [3.8, 4) is 34.0 Å². The molecule has 146 valence electrons. The first-order chi connectivity index (χ1) is 14.8. The van der Waals surface area contributed by atoms with Crippen molar-refractivity contribution >= 4 is 21.5 Å². The topological polar surface area (TPSA) is 44.2 Å². The molecule has 0 amide bonds. The van der Waals surface area contributed by atoms with Crippen LogP contribution in [0.25, 0.3) is 44.1 Å². The summed E-state index contributed by atoms with van der Waals surface area (Å²) in [6.07, 6.45) is 3.63. The highest BCUT2D eigenvalue weighted by Gasteiger charge is 2.23. The summed E-state index contributed by atoms with van der Waals surface area (Å²) < 4.78 is 11.7. The first-order valence-corrected chi connectivity index (χ1v) is 9.75. The van der Waals surface area contributed by atoms with Crippen LogP contribution >= 0.6 is 0 Å². The van der Waals surface area contributed by atoms with Crippen molar-refractivity contribution in [1.29, 1.82) is 0 Å². The minimum Gasteiger partial charge on any atom is -0.496 e. The van der Waals surface area contributed by atoms with E-state index in [-0.39, 0.29) is 0 Å². The molecule has 0 aliphatic carbocycles. The number of ether oxygens (including phenoxy) is 2. The van der Waals surface area contributed by atoms with Crippen LogP contribution in [0.1, 0.15) is 0 Å². The molecule has 0 radical (unpaired) electrons. The monoisotopic (exact) mass is 392 g/mol. The van der Waals surface area contributed by atoms with Gasteiger partial charge >= 0.3 is 0 Å². The minimum absolute atomic E-state index is 0.773. The Morgan fingerprint density at radius 1 is 0.533 bits per heavy atom. The second-order valence-corrected chi connectivity index (χ2v) is 6.95. The molecule has 0 saturated heterocycles. The highest BCUT2D eigenvalue weighted by molar-refractivity contribution is 6.23. The van der Waals surface area contributed by atoms with Gasteiger partial charge in [0.15, 0.2) is 0 Å². The number of rotatable bonds is 4. The second-order valence-electron chi connectivity index (χ2n) is 6.95. The lowest BCUT2D eigenvalue weighted by molar-refractivity contribution is 0.410. The Hall–Kier alpha value is -3.92. The molecule has 5 aromatic rings. The van der Waals surface area contributed by atoms with Gasteiger partial charge in [-0.05, 0) is 47.2 Å². The van der Waals surface area contributed by atoms with Crippen molar-refractivity contribution in [1.82, 2.24) is 9.97 Å². The Labute approximate surface area is 174 Å². The fourth-order valence-electron chi connectivity index (χ4n) is 4.14. The van der Waals surface area contributed by atoms with Crippen molar-refractivity contribution in [3.63, 3.8) is 0 Å². The average molecular weight is 392 g/mol. The maximum atomic E-state index is 5.83. The third kappa shape index (κ3) is 2.77. The predicted octanol–water partition coefficient (Wildman–Crippen LogP) is 6.13. The highest BCUT2D eigenvalue weighted by Crippen LogP contribution is 2.49. The van der Waals surface area contributed by atoms with Crippen LogP contribution in [-0.4, -0.2) is 24.2 Å². The van der Waals surface area contributed by atoms with E-state index in [1.54, 1.807) is 14.2 Å². The number of aromatic nitrogens is 2. The van der Waals surface area contributed by atoms with Gasteiger partial charge in [0, 0.05) is 34.3 Å². The molecule has 4 nitrogen and oxygen atoms in total. The van der Waals surface area contributed by atoms with Crippen LogP contribution in [0.2, 0.25) is 0 Å². The van der Waals surface area contributed by atoms with Gasteiger partial charge < -0.3 is 9.47 Å². The van der Waals surface area contributed by atoms with Gasteiger partial charge in [0.25, 0.3) is 0 Å². The zero-order chi connectivity index (χ0) is 20.5. The molecule has 0 saturated carbocycles. The number of benzene rings is 3. The Kier molecular flexibility index (Phi) is 4.52. The van der Waals surface area contributed by atoms with E-state index in [4.69, 9.17) is 9.47 Å². The van der Waals surface area contributed by atoms with Crippen LogP contribution in [0.15, 0.2) is 85.2 Å². The molecule has 0 spiro atoms. The molecule has 2 aromatic heterocycles. The van der Waals surface area contributed by atoms with Gasteiger partial charge in [-0.3, -0.25) is 9.97 Å². The van der Waals surface area contributed by atoms with Crippen molar-refractivity contribution in [2.75, 3.05) is 14.2 Å². The molecule has 0 N–H and O–H groups in total. The minimum atomic E-state index is 0.773. The third-order valence-electron chi connectivity index (χ3n) is 5.38. The van der Waals surface area contributed by atoms with Crippen LogP contribution in [-0.2, 0) is 0 Å². The van der Waals surface area contributed by atoms with Crippen molar-refractivity contribution < 1.29 is 9.47 Å². The fourth-order valence-corrected chi connectivity index (χ4v) is 4.14. The molecule has 0 aliphatic heterocycles. The lowest BCUT2D eigenvalue weighted by Gasteiger charge is -2.20. The zero-order valence-corrected chi connectivity index (χ0v) is 16.8. The van der Waals surface area contributed by atoms with Gasteiger partial charge in [0.05, 0.1) is 25.6 Å². The molecule has 0 fully saturated rings. The summed E-state index contributed by atoms with van der Waals surface area (Å²) in [5.41, 5.74) is 3.82. The van der Waals surface area contributed by atoms with Gasteiger partial charge in [0.2, 0.25) is 0 Å². The molecule has 4 heteroatoms. The summed E-state index contributed by atoms with van der Waals surface area (Å²) >= 11 is 0. The number of fused-ring (bicyclic) bond motifs is 2. The second kappa shape index (κ2) is 7.48. The Balaban J connectivity index is 2.11. The van der Waals surface area contributed by atoms with E-state index in [1.807, 2.05) is 60.9 Å². The molecule has 0 atom stereocenters. The number of hydrogen-bond donors (Lipinski definition) is 0. The lowest BCUT2D eigenvalue weighted by Crippen LogP contribution is -1.97. The van der Waals surface area contributed by atoms with Crippen LogP contribution < -0.4 is 9.47 Å². The molecule has 5 rings (SSSR count). The van der Waals surface area contributed by atoms with E-state index < -0.39 is 0 Å². The van der Waals surface area contributed by atoms with E-state index in [0.717, 1.165) is 55.6 Å². The third-order valence-corrected chi connectivity index (χ3v) is 5.38. The zero-order valence-electron chi connectivity index (χ0n) is 16.8. The standard InChI is InChI=1S/C26H20N2O2/c1-29-21-13-14-22(30-2)26-24(20-12-6-8-16-28-20)18-10-4-3-9-17(18)23(25(21)26)19-11-5-7-15-27-19/h3-16H,1-2H3. The van der Waals surface area contributed by atoms with Gasteiger partial charge in [-0.25, -0.2) is 0 Å². The summed E-state index contributed by atoms with van der Waals surface area (Å²) in [5.74, 6) is 1.55. The van der Waals surface area contributed by atoms with Crippen LogP contribution in [0.5, 0.6) is 11.5 Å². The van der Waals surface area contributed by atoms with E-state index >= 15 is 0 Å². The Morgan fingerprint density at radius 3 is 1.33 bits per heavy atom. The van der Waals surface area contributed by atoms with E-state index in [2.05, 4.69) is 34.2 Å². The number of methoxy groups -OCH3 is 2. The van der Waals surface area contributed by atoms with Gasteiger partial charge in [-0.1, -0.05) is 36.4 Å². The molecule has 0 unspecified atom stereocenters. The normalized spacial score (nSPS) is 11.0. The summed E-state index contributed by atoms with van der Waals surface area (Å²) in [6, 6.07) is 24.2. The first-order valence-electron chi connectivity index (χ1n) is 9.75. The Morgan fingerprint density at radius 2 is 0.967 bits per heavy atom. The summed E-state index contributed by atoms with van der Waals surface area (Å²) in [4.78, 5) is 9.34. The molecule has 3 aromatic carbocycles. The summed E-state index contributed by atoms with van der Waals surface area (Å²) in [7, 11) is 3.39. The Bertz CT molecular complexity index is 1240. The molecule has 0 aliphatic rings. The maximum Gasteiger partial charge on any atom is 0.127 e. The maximum absolute atomic E-state index is 5.83. The van der Waals surface area contributed by atoms with Gasteiger partial charge in [0.1, 0.15) is 11.5 Å². The molecule has 2 heterocycles. The van der Waals surface area contributed by atoms with E-state index in [0.29, 0.717) is 0 Å². The van der Waals surface area contributed by atoms with Crippen molar-refractivity contribution in [2.45, 2.75) is 0 Å². The van der Waals surface area contributed by atoms with E-state index in [1.165, 1.54) is 0 Å². The largest absolute Gasteiger partial charge is 0.496 e. The molecular weight excluding hydrogens is 372 g/mol. The van der Waals surface area contributed by atoms with Gasteiger partial charge in [-0.15, -0.1) is 0 Å². The smallest absolute Gasteiger partial charge is 0.127 e. The number of hydrogen-bond acceptors (Lipinski definition) is 4. The van der Waals surface area contributed by atoms with Crippen molar-refractivity contribution in [3.05, 3.63) is 85.2 Å². The lowest BCUT2D eigenvalue weighted by atomic mass is 9.87. The summed E-state index contributed by atoms with van der Waals surface area (Å²) in [6.45, 7) is 0. The number of pyridine rings is 2. The first kappa shape index (κ1) is 18.1. The summed E-state index contributed by atoms with van der Waals surface area (Å²) in [5, 5.41) is 4.12. The van der Waals surface area contributed by atoms with E-state index in [9.17, 15) is 0 Å². The van der Waals surface area contributed by atoms with Gasteiger partial charge in [-0.2, -0.15) is 0 Å². The van der Waals surface area contributed by atoms with Crippen LogP contribution in [0, 0.1) is 0 Å². The SMILES string of the molecule is COc1ccc(OC)c2c(-c3ccccn3)c3ccccc3c(-c3ccccn3)c12. The molecular formula is C26H20N2O2. The molecule has 30 heavy (non-hydrogen) atoms. The average Bonchev–Trinajstić information content (AvgIpc) is 2.82. The van der Waals surface area contributed by atoms with Crippen molar-refractivity contribution in [2.24, 2.45) is 0 Å². The predicted molar refractivity (Wildman–Crippen MR) is 121 cm³/mol. The van der Waals surface area contributed by atoms with Crippen LogP contribution in [0.3, 0.4) is 0 Å². The highest BCUT2D eigenvalue weighted by atomic mass is 16.5. The molecule has 0 bridgehead atoms.